The van der Waals surface area contributed by atoms with E-state index in [-0.39, 0.29) is 11.9 Å². The Labute approximate surface area is 136 Å². The van der Waals surface area contributed by atoms with E-state index in [1.807, 2.05) is 30.3 Å². The number of amides is 1. The van der Waals surface area contributed by atoms with E-state index in [0.717, 1.165) is 43.6 Å². The lowest BCUT2D eigenvalue weighted by molar-refractivity contribution is 0.0922. The first kappa shape index (κ1) is 15.7. The maximum absolute atomic E-state index is 12.6. The van der Waals surface area contributed by atoms with Crippen molar-refractivity contribution < 1.29 is 4.79 Å². The fourth-order valence-electron chi connectivity index (χ4n) is 3.07. The summed E-state index contributed by atoms with van der Waals surface area (Å²) in [6.45, 7) is 8.28. The molecule has 0 saturated carbocycles. The van der Waals surface area contributed by atoms with Gasteiger partial charge in [-0.15, -0.1) is 6.58 Å². The number of rotatable bonds is 4. The van der Waals surface area contributed by atoms with E-state index in [1.165, 1.54) is 0 Å². The molecular formula is C17H23N5O. The fourth-order valence-corrected chi connectivity index (χ4v) is 3.07. The van der Waals surface area contributed by atoms with Crippen LogP contribution in [0.25, 0.3) is 10.9 Å². The first-order valence-electron chi connectivity index (χ1n) is 7.93. The Morgan fingerprint density at radius 3 is 3.09 bits per heavy atom. The molecule has 1 unspecified atom stereocenters. The molecule has 1 amide bonds. The number of aromatic amines is 1. The Kier molecular flexibility index (Phi) is 4.73. The monoisotopic (exact) mass is 313 g/mol. The minimum Gasteiger partial charge on any atom is -0.345 e. The zero-order valence-corrected chi connectivity index (χ0v) is 13.5. The van der Waals surface area contributed by atoms with Gasteiger partial charge in [-0.1, -0.05) is 24.3 Å². The van der Waals surface area contributed by atoms with Crippen molar-refractivity contribution in [3.05, 3.63) is 42.6 Å². The summed E-state index contributed by atoms with van der Waals surface area (Å²) in [5.74, 6) is -0.124. The molecule has 2 aromatic rings. The van der Waals surface area contributed by atoms with Gasteiger partial charge < -0.3 is 10.2 Å². The van der Waals surface area contributed by atoms with Crippen LogP contribution < -0.4 is 5.32 Å². The Balaban J connectivity index is 1.74. The number of fused-ring (bicyclic) bond motifs is 1. The topological polar surface area (TPSA) is 64.3 Å². The lowest BCUT2D eigenvalue weighted by Crippen LogP contribution is -2.46. The van der Waals surface area contributed by atoms with Gasteiger partial charge in [-0.05, 0) is 13.1 Å². The quantitative estimate of drug-likeness (QED) is 0.830. The minimum atomic E-state index is -0.124. The third-order valence-corrected chi connectivity index (χ3v) is 4.22. The molecule has 1 saturated heterocycles. The summed E-state index contributed by atoms with van der Waals surface area (Å²) in [4.78, 5) is 17.2. The summed E-state index contributed by atoms with van der Waals surface area (Å²) in [6, 6.07) is 7.75. The van der Waals surface area contributed by atoms with Gasteiger partial charge >= 0.3 is 0 Å². The standard InChI is InChI=1S/C17H23N5O/c1-3-8-22-10-9-21(2)11-13(12-22)18-17(23)16-14-6-4-5-7-15(14)19-20-16/h3-7,13H,1,8-12H2,2H3,(H,18,23)(H,19,20). The smallest absolute Gasteiger partial charge is 0.272 e. The molecule has 1 aromatic heterocycles. The summed E-state index contributed by atoms with van der Waals surface area (Å²) in [5.41, 5.74) is 1.34. The summed E-state index contributed by atoms with van der Waals surface area (Å²) < 4.78 is 0. The highest BCUT2D eigenvalue weighted by Gasteiger charge is 2.23. The van der Waals surface area contributed by atoms with Gasteiger partial charge in [0.25, 0.3) is 5.91 Å². The normalized spacial score (nSPS) is 20.3. The van der Waals surface area contributed by atoms with Gasteiger partial charge in [0.2, 0.25) is 0 Å². The molecule has 1 aromatic carbocycles. The van der Waals surface area contributed by atoms with Crippen LogP contribution in [0.1, 0.15) is 10.5 Å². The second kappa shape index (κ2) is 6.93. The SMILES string of the molecule is C=CCN1CCN(C)CC(NC(=O)c2n[nH]c3ccccc23)C1. The highest BCUT2D eigenvalue weighted by Crippen LogP contribution is 2.15. The highest BCUT2D eigenvalue weighted by molar-refractivity contribution is 6.04. The molecule has 0 bridgehead atoms. The average Bonchev–Trinajstić information content (AvgIpc) is 2.89. The molecule has 6 nitrogen and oxygen atoms in total. The van der Waals surface area contributed by atoms with Crippen LogP contribution in [0, 0.1) is 0 Å². The van der Waals surface area contributed by atoms with E-state index in [1.54, 1.807) is 0 Å². The Bertz CT molecular complexity index is 695. The summed E-state index contributed by atoms with van der Waals surface area (Å²) >= 11 is 0. The molecule has 1 atom stereocenters. The van der Waals surface area contributed by atoms with E-state index in [9.17, 15) is 4.79 Å². The molecule has 0 aliphatic carbocycles. The highest BCUT2D eigenvalue weighted by atomic mass is 16.2. The molecule has 1 fully saturated rings. The van der Waals surface area contributed by atoms with Crippen molar-refractivity contribution in [2.45, 2.75) is 6.04 Å². The maximum atomic E-state index is 12.6. The molecule has 3 rings (SSSR count). The Morgan fingerprint density at radius 2 is 2.26 bits per heavy atom. The first-order chi connectivity index (χ1) is 11.2. The number of nitrogens with one attached hydrogen (secondary N) is 2. The largest absolute Gasteiger partial charge is 0.345 e. The fraction of sp³-hybridized carbons (Fsp3) is 0.412. The van der Waals surface area contributed by atoms with Crippen molar-refractivity contribution in [2.24, 2.45) is 0 Å². The van der Waals surface area contributed by atoms with Crippen molar-refractivity contribution in [2.75, 3.05) is 39.8 Å². The van der Waals surface area contributed by atoms with Gasteiger partial charge in [0, 0.05) is 38.1 Å². The van der Waals surface area contributed by atoms with Crippen molar-refractivity contribution in [3.63, 3.8) is 0 Å². The molecule has 122 valence electrons. The number of carbonyl (C=O) groups excluding carboxylic acids is 1. The van der Waals surface area contributed by atoms with Crippen molar-refractivity contribution >= 4 is 16.8 Å². The minimum absolute atomic E-state index is 0.0745. The number of hydrogen-bond acceptors (Lipinski definition) is 4. The molecule has 2 N–H and O–H groups in total. The van der Waals surface area contributed by atoms with Crippen LogP contribution in [0.15, 0.2) is 36.9 Å². The van der Waals surface area contributed by atoms with Gasteiger partial charge in [-0.2, -0.15) is 5.10 Å². The molecule has 1 aliphatic heterocycles. The number of likely N-dealkylation sites (N-methyl/N-ethyl adjacent to an activating group) is 1. The van der Waals surface area contributed by atoms with Gasteiger partial charge in [-0.3, -0.25) is 14.8 Å². The number of hydrogen-bond donors (Lipinski definition) is 2. The molecular weight excluding hydrogens is 290 g/mol. The van der Waals surface area contributed by atoms with Crippen LogP contribution in [0.2, 0.25) is 0 Å². The van der Waals surface area contributed by atoms with Gasteiger partial charge in [-0.25, -0.2) is 0 Å². The number of benzene rings is 1. The van der Waals surface area contributed by atoms with Crippen LogP contribution in [0.3, 0.4) is 0 Å². The molecule has 2 heterocycles. The average molecular weight is 313 g/mol. The number of H-pyrrole nitrogens is 1. The number of para-hydroxylation sites is 1. The van der Waals surface area contributed by atoms with Crippen molar-refractivity contribution in [1.82, 2.24) is 25.3 Å². The van der Waals surface area contributed by atoms with Crippen LogP contribution in [-0.2, 0) is 0 Å². The first-order valence-corrected chi connectivity index (χ1v) is 7.93. The van der Waals surface area contributed by atoms with Crippen LogP contribution in [-0.4, -0.2) is 71.7 Å². The van der Waals surface area contributed by atoms with Crippen molar-refractivity contribution in [3.8, 4) is 0 Å². The predicted octanol–water partition coefficient (Wildman–Crippen LogP) is 1.09. The number of nitrogens with zero attached hydrogens (tertiary/aromatic N) is 3. The summed E-state index contributed by atoms with van der Waals surface area (Å²) in [5, 5.41) is 11.1. The van der Waals surface area contributed by atoms with Gasteiger partial charge in [0.05, 0.1) is 11.6 Å². The second-order valence-corrected chi connectivity index (χ2v) is 6.10. The van der Waals surface area contributed by atoms with E-state index in [2.05, 4.69) is 38.9 Å². The second-order valence-electron chi connectivity index (χ2n) is 6.10. The molecule has 23 heavy (non-hydrogen) atoms. The van der Waals surface area contributed by atoms with Gasteiger partial charge in [0.1, 0.15) is 0 Å². The third kappa shape index (κ3) is 3.60. The lowest BCUT2D eigenvalue weighted by Gasteiger charge is -2.23. The van der Waals surface area contributed by atoms with E-state index in [4.69, 9.17) is 0 Å². The van der Waals surface area contributed by atoms with Crippen LogP contribution in [0.4, 0.5) is 0 Å². The van der Waals surface area contributed by atoms with E-state index < -0.39 is 0 Å². The van der Waals surface area contributed by atoms with E-state index >= 15 is 0 Å². The predicted molar refractivity (Wildman–Crippen MR) is 91.5 cm³/mol. The zero-order valence-electron chi connectivity index (χ0n) is 13.5. The Hall–Kier alpha value is -2.18. The third-order valence-electron chi connectivity index (χ3n) is 4.22. The Morgan fingerprint density at radius 1 is 1.43 bits per heavy atom. The summed E-state index contributed by atoms with van der Waals surface area (Å²) in [6.07, 6.45) is 1.91. The van der Waals surface area contributed by atoms with Crippen LogP contribution in [0.5, 0.6) is 0 Å². The molecule has 0 spiro atoms. The zero-order chi connectivity index (χ0) is 16.2. The van der Waals surface area contributed by atoms with Gasteiger partial charge in [0.15, 0.2) is 5.69 Å². The molecule has 1 aliphatic rings. The lowest BCUT2D eigenvalue weighted by atomic mass is 10.2. The summed E-state index contributed by atoms with van der Waals surface area (Å²) in [7, 11) is 2.08. The number of carbonyl (C=O) groups is 1. The molecule has 0 radical (unpaired) electrons. The molecule has 6 heteroatoms. The van der Waals surface area contributed by atoms with E-state index in [0.29, 0.717) is 5.69 Å². The maximum Gasteiger partial charge on any atom is 0.272 e. The van der Waals surface area contributed by atoms with Crippen LogP contribution >= 0.6 is 0 Å². The number of aromatic nitrogens is 2. The van der Waals surface area contributed by atoms with Crippen molar-refractivity contribution in [1.29, 1.82) is 0 Å².